The largest absolute Gasteiger partial charge is 0.368 e. The number of hydrogen-bond donors (Lipinski definition) is 1. The first-order chi connectivity index (χ1) is 9.15. The van der Waals surface area contributed by atoms with Crippen LogP contribution in [0.3, 0.4) is 0 Å². The smallest absolute Gasteiger partial charge is 0.152 e. The van der Waals surface area contributed by atoms with Crippen LogP contribution in [-0.4, -0.2) is 21.1 Å². The minimum Gasteiger partial charge on any atom is -0.368 e. The third kappa shape index (κ3) is 2.57. The number of nitrogens with zero attached hydrogens (tertiary/aromatic N) is 3. The molecule has 102 valence electrons. The summed E-state index contributed by atoms with van der Waals surface area (Å²) in [6.07, 6.45) is 6.51. The van der Waals surface area contributed by atoms with Gasteiger partial charge in [-0.15, -0.1) is 0 Å². The van der Waals surface area contributed by atoms with Gasteiger partial charge in [0.25, 0.3) is 0 Å². The molecule has 4 nitrogen and oxygen atoms in total. The molecule has 1 fully saturated rings. The average Bonchev–Trinajstić information content (AvgIpc) is 3.14. The number of hydrogen-bond acceptors (Lipinski definition) is 3. The van der Waals surface area contributed by atoms with Crippen molar-refractivity contribution in [3.8, 4) is 0 Å². The van der Waals surface area contributed by atoms with Crippen molar-refractivity contribution in [2.24, 2.45) is 11.8 Å². The van der Waals surface area contributed by atoms with Crippen LogP contribution in [0, 0.1) is 11.8 Å². The molecule has 1 aliphatic rings. The number of anilines is 1. The predicted molar refractivity (Wildman–Crippen MR) is 77.5 cm³/mol. The highest BCUT2D eigenvalue weighted by Gasteiger charge is 2.27. The molecule has 1 unspecified atom stereocenters. The van der Waals surface area contributed by atoms with Crippen molar-refractivity contribution in [1.29, 1.82) is 0 Å². The quantitative estimate of drug-likeness (QED) is 0.894. The summed E-state index contributed by atoms with van der Waals surface area (Å²) in [5.41, 5.74) is 2.19. The summed E-state index contributed by atoms with van der Waals surface area (Å²) < 4.78 is 1.92. The van der Waals surface area contributed by atoms with Gasteiger partial charge in [-0.3, -0.25) is 0 Å². The Morgan fingerprint density at radius 1 is 1.37 bits per heavy atom. The Bertz CT molecular complexity index is 569. The Hall–Kier alpha value is -1.58. The van der Waals surface area contributed by atoms with E-state index in [9.17, 15) is 0 Å². The van der Waals surface area contributed by atoms with E-state index in [1.54, 1.807) is 0 Å². The Labute approximate surface area is 114 Å². The Kier molecular flexibility index (Phi) is 3.17. The van der Waals surface area contributed by atoms with E-state index in [1.165, 1.54) is 12.8 Å². The molecule has 0 aromatic carbocycles. The van der Waals surface area contributed by atoms with Gasteiger partial charge < -0.3 is 5.32 Å². The summed E-state index contributed by atoms with van der Waals surface area (Å²) in [4.78, 5) is 4.46. The lowest BCUT2D eigenvalue weighted by Crippen LogP contribution is -2.14. The number of aromatic nitrogens is 3. The van der Waals surface area contributed by atoms with Gasteiger partial charge in [0.05, 0.1) is 5.69 Å². The van der Waals surface area contributed by atoms with E-state index in [-0.39, 0.29) is 0 Å². The topological polar surface area (TPSA) is 42.2 Å². The predicted octanol–water partition coefficient (Wildman–Crippen LogP) is 3.31. The van der Waals surface area contributed by atoms with Gasteiger partial charge >= 0.3 is 0 Å². The molecule has 1 N–H and O–H groups in total. The molecule has 1 aliphatic carbocycles. The molecular formula is C15H22N4. The normalized spacial score (nSPS) is 17.1. The van der Waals surface area contributed by atoms with Crippen LogP contribution in [-0.2, 0) is 0 Å². The summed E-state index contributed by atoms with van der Waals surface area (Å²) in [5.74, 6) is 3.05. The minimum atomic E-state index is 0.443. The molecule has 0 amide bonds. The fourth-order valence-electron chi connectivity index (χ4n) is 2.45. The molecule has 19 heavy (non-hydrogen) atoms. The summed E-state index contributed by atoms with van der Waals surface area (Å²) in [6, 6.07) is 2.14. The van der Waals surface area contributed by atoms with Crippen molar-refractivity contribution in [2.45, 2.75) is 39.5 Å². The lowest BCUT2D eigenvalue weighted by molar-refractivity contribution is 0.536. The number of rotatable bonds is 5. The SMILES string of the molecule is CC(C)c1cc2c(NCC(C)C3CC3)nccn2n1. The fraction of sp³-hybridized carbons (Fsp3) is 0.600. The highest BCUT2D eigenvalue weighted by molar-refractivity contribution is 5.67. The zero-order chi connectivity index (χ0) is 13.4. The van der Waals surface area contributed by atoms with Crippen molar-refractivity contribution < 1.29 is 0 Å². The van der Waals surface area contributed by atoms with Crippen LogP contribution in [0.2, 0.25) is 0 Å². The van der Waals surface area contributed by atoms with Gasteiger partial charge in [0.15, 0.2) is 5.82 Å². The van der Waals surface area contributed by atoms with Crippen LogP contribution >= 0.6 is 0 Å². The Morgan fingerprint density at radius 2 is 2.16 bits per heavy atom. The molecule has 0 spiro atoms. The standard InChI is InChI=1S/C15H22N4/c1-10(2)13-8-14-15(16-6-7-19(14)18-13)17-9-11(3)12-4-5-12/h6-8,10-12H,4-5,9H2,1-3H3,(H,16,17). The van der Waals surface area contributed by atoms with Crippen LogP contribution in [0.25, 0.3) is 5.52 Å². The zero-order valence-corrected chi connectivity index (χ0v) is 11.9. The van der Waals surface area contributed by atoms with Crippen LogP contribution in [0.5, 0.6) is 0 Å². The van der Waals surface area contributed by atoms with Gasteiger partial charge in [0, 0.05) is 18.9 Å². The first-order valence-corrected chi connectivity index (χ1v) is 7.23. The summed E-state index contributed by atoms with van der Waals surface area (Å²) >= 11 is 0. The molecule has 1 atom stereocenters. The van der Waals surface area contributed by atoms with Gasteiger partial charge in [0.1, 0.15) is 5.52 Å². The molecule has 2 aromatic heterocycles. The lowest BCUT2D eigenvalue weighted by atomic mass is 10.1. The van der Waals surface area contributed by atoms with Crippen molar-refractivity contribution in [3.63, 3.8) is 0 Å². The molecule has 2 heterocycles. The second kappa shape index (κ2) is 4.83. The molecule has 2 aromatic rings. The van der Waals surface area contributed by atoms with Gasteiger partial charge in [-0.2, -0.15) is 5.10 Å². The monoisotopic (exact) mass is 258 g/mol. The maximum Gasteiger partial charge on any atom is 0.152 e. The molecule has 3 rings (SSSR count). The van der Waals surface area contributed by atoms with Gasteiger partial charge in [-0.05, 0) is 36.7 Å². The average molecular weight is 258 g/mol. The first-order valence-electron chi connectivity index (χ1n) is 7.23. The molecule has 0 aliphatic heterocycles. The number of fused-ring (bicyclic) bond motifs is 1. The van der Waals surface area contributed by atoms with E-state index in [2.05, 4.69) is 42.2 Å². The second-order valence-corrected chi connectivity index (χ2v) is 6.03. The molecule has 0 saturated heterocycles. The third-order valence-electron chi connectivity index (χ3n) is 4.02. The Morgan fingerprint density at radius 3 is 2.84 bits per heavy atom. The molecular weight excluding hydrogens is 236 g/mol. The second-order valence-electron chi connectivity index (χ2n) is 6.03. The van der Waals surface area contributed by atoms with Gasteiger partial charge in [-0.1, -0.05) is 20.8 Å². The van der Waals surface area contributed by atoms with E-state index < -0.39 is 0 Å². The molecule has 0 radical (unpaired) electrons. The Balaban J connectivity index is 1.81. The summed E-state index contributed by atoms with van der Waals surface area (Å²) in [6.45, 7) is 7.65. The minimum absolute atomic E-state index is 0.443. The molecule has 4 heteroatoms. The first kappa shape index (κ1) is 12.5. The summed E-state index contributed by atoms with van der Waals surface area (Å²) in [7, 11) is 0. The van der Waals surface area contributed by atoms with Crippen LogP contribution in [0.4, 0.5) is 5.82 Å². The zero-order valence-electron chi connectivity index (χ0n) is 11.9. The highest BCUT2D eigenvalue weighted by atomic mass is 15.2. The van der Waals surface area contributed by atoms with Gasteiger partial charge in [0.2, 0.25) is 0 Å². The highest BCUT2D eigenvalue weighted by Crippen LogP contribution is 2.36. The van der Waals surface area contributed by atoms with Crippen molar-refractivity contribution in [2.75, 3.05) is 11.9 Å². The van der Waals surface area contributed by atoms with E-state index in [0.29, 0.717) is 5.92 Å². The van der Waals surface area contributed by atoms with Crippen molar-refractivity contribution >= 4 is 11.3 Å². The van der Waals surface area contributed by atoms with Crippen LogP contribution in [0.1, 0.15) is 45.2 Å². The molecule has 0 bridgehead atoms. The van der Waals surface area contributed by atoms with Crippen molar-refractivity contribution in [1.82, 2.24) is 14.6 Å². The molecule has 1 saturated carbocycles. The van der Waals surface area contributed by atoms with E-state index in [0.717, 1.165) is 35.4 Å². The fourth-order valence-corrected chi connectivity index (χ4v) is 2.45. The van der Waals surface area contributed by atoms with Crippen LogP contribution < -0.4 is 5.32 Å². The van der Waals surface area contributed by atoms with Gasteiger partial charge in [-0.25, -0.2) is 9.50 Å². The van der Waals surface area contributed by atoms with E-state index in [1.807, 2.05) is 16.9 Å². The third-order valence-corrected chi connectivity index (χ3v) is 4.02. The van der Waals surface area contributed by atoms with Crippen LogP contribution in [0.15, 0.2) is 18.5 Å². The maximum atomic E-state index is 4.58. The van der Waals surface area contributed by atoms with E-state index >= 15 is 0 Å². The number of nitrogens with one attached hydrogen (secondary N) is 1. The lowest BCUT2D eigenvalue weighted by Gasteiger charge is -2.12. The van der Waals surface area contributed by atoms with E-state index in [4.69, 9.17) is 0 Å². The maximum absolute atomic E-state index is 4.58. The van der Waals surface area contributed by atoms with Crippen molar-refractivity contribution in [3.05, 3.63) is 24.2 Å². The summed E-state index contributed by atoms with van der Waals surface area (Å²) in [5, 5.41) is 8.07.